The zero-order valence-electron chi connectivity index (χ0n) is 11.4. The molecule has 0 aliphatic carbocycles. The van der Waals surface area contributed by atoms with E-state index < -0.39 is 23.8 Å². The minimum atomic E-state index is -0.811. The molecule has 1 saturated heterocycles. The smallest absolute Gasteiger partial charge is 0.307 e. The largest absolute Gasteiger partial charge is 0.481 e. The molecular formula is C14H18BrClN2O3. The van der Waals surface area contributed by atoms with Gasteiger partial charge >= 0.3 is 5.97 Å². The third-order valence-electron chi connectivity index (χ3n) is 3.62. The highest BCUT2D eigenvalue weighted by atomic mass is 79.9. The molecule has 1 aliphatic rings. The standard InChI is InChI=1S/C14H17BrN2O3.ClH/c15-11-5-3-9(4-6-11)12(13(16)18)17-7-1-2-10(8-17)14(19)20;/h3-6,10,12H,1-2,7-8H2,(H2,16,18)(H,19,20);1H. The van der Waals surface area contributed by atoms with Crippen molar-refractivity contribution in [3.05, 3.63) is 34.3 Å². The van der Waals surface area contributed by atoms with Gasteiger partial charge in [0.1, 0.15) is 6.04 Å². The summed E-state index contributed by atoms with van der Waals surface area (Å²) >= 11 is 3.35. The Morgan fingerprint density at radius 1 is 1.33 bits per heavy atom. The van der Waals surface area contributed by atoms with E-state index in [0.717, 1.165) is 16.5 Å². The van der Waals surface area contributed by atoms with Crippen LogP contribution in [0.25, 0.3) is 0 Å². The Bertz CT molecular complexity index is 509. The van der Waals surface area contributed by atoms with Crippen molar-refractivity contribution < 1.29 is 14.7 Å². The summed E-state index contributed by atoms with van der Waals surface area (Å²) in [6.45, 7) is 1.05. The molecule has 2 unspecified atom stereocenters. The van der Waals surface area contributed by atoms with Crippen molar-refractivity contribution in [2.24, 2.45) is 11.7 Å². The average molecular weight is 378 g/mol. The van der Waals surface area contributed by atoms with Crippen LogP contribution in [0.1, 0.15) is 24.4 Å². The van der Waals surface area contributed by atoms with Crippen molar-refractivity contribution in [3.8, 4) is 0 Å². The second kappa shape index (κ2) is 7.77. The number of nitrogens with two attached hydrogens (primary N) is 1. The molecule has 1 aromatic rings. The monoisotopic (exact) mass is 376 g/mol. The van der Waals surface area contributed by atoms with Crippen LogP contribution in [0.4, 0.5) is 0 Å². The molecule has 21 heavy (non-hydrogen) atoms. The normalized spacial score (nSPS) is 20.3. The first-order valence-corrected chi connectivity index (χ1v) is 7.30. The van der Waals surface area contributed by atoms with Crippen molar-refractivity contribution in [2.75, 3.05) is 13.1 Å². The van der Waals surface area contributed by atoms with E-state index in [2.05, 4.69) is 15.9 Å². The van der Waals surface area contributed by atoms with Crippen LogP contribution in [0.15, 0.2) is 28.7 Å². The van der Waals surface area contributed by atoms with Crippen LogP contribution in [0, 0.1) is 5.92 Å². The van der Waals surface area contributed by atoms with Gasteiger partial charge in [0.2, 0.25) is 5.91 Å². The van der Waals surface area contributed by atoms with Gasteiger partial charge in [-0.2, -0.15) is 0 Å². The van der Waals surface area contributed by atoms with Crippen LogP contribution < -0.4 is 5.73 Å². The Morgan fingerprint density at radius 2 is 1.95 bits per heavy atom. The molecule has 0 spiro atoms. The number of rotatable bonds is 4. The quantitative estimate of drug-likeness (QED) is 0.842. The molecule has 1 aliphatic heterocycles. The van der Waals surface area contributed by atoms with Crippen molar-refractivity contribution in [1.82, 2.24) is 4.90 Å². The summed E-state index contributed by atoms with van der Waals surface area (Å²) in [4.78, 5) is 24.8. The lowest BCUT2D eigenvalue weighted by Gasteiger charge is -2.35. The van der Waals surface area contributed by atoms with Crippen LogP contribution in [0.3, 0.4) is 0 Å². The highest BCUT2D eigenvalue weighted by Crippen LogP contribution is 2.27. The molecule has 2 atom stereocenters. The van der Waals surface area contributed by atoms with E-state index in [-0.39, 0.29) is 12.4 Å². The maximum atomic E-state index is 11.8. The fourth-order valence-electron chi connectivity index (χ4n) is 2.64. The van der Waals surface area contributed by atoms with Gasteiger partial charge in [-0.15, -0.1) is 12.4 Å². The first-order chi connectivity index (χ1) is 9.49. The zero-order valence-corrected chi connectivity index (χ0v) is 13.8. The Morgan fingerprint density at radius 3 is 2.48 bits per heavy atom. The highest BCUT2D eigenvalue weighted by molar-refractivity contribution is 9.10. The molecule has 3 N–H and O–H groups in total. The Hall–Kier alpha value is -1.11. The topological polar surface area (TPSA) is 83.6 Å². The average Bonchev–Trinajstić information content (AvgIpc) is 2.41. The van der Waals surface area contributed by atoms with Gasteiger partial charge in [0.25, 0.3) is 0 Å². The predicted octanol–water partition coefficient (Wildman–Crippen LogP) is 2.19. The number of amides is 1. The Balaban J connectivity index is 0.00000220. The van der Waals surface area contributed by atoms with Crippen LogP contribution in [0.5, 0.6) is 0 Å². The van der Waals surface area contributed by atoms with E-state index in [0.29, 0.717) is 19.5 Å². The molecule has 5 nitrogen and oxygen atoms in total. The SMILES string of the molecule is Cl.NC(=O)C(c1ccc(Br)cc1)N1CCCC(C(=O)O)C1. The summed E-state index contributed by atoms with van der Waals surface area (Å²) in [5.74, 6) is -1.69. The number of halogens is 2. The number of carboxylic acid groups (broad SMARTS) is 1. The summed E-state index contributed by atoms with van der Waals surface area (Å²) in [7, 11) is 0. The first-order valence-electron chi connectivity index (χ1n) is 6.50. The highest BCUT2D eigenvalue weighted by Gasteiger charge is 2.32. The molecule has 0 radical (unpaired) electrons. The molecule has 1 fully saturated rings. The van der Waals surface area contributed by atoms with E-state index >= 15 is 0 Å². The molecule has 0 aromatic heterocycles. The van der Waals surface area contributed by atoms with E-state index in [1.54, 1.807) is 0 Å². The molecule has 1 aromatic carbocycles. The summed E-state index contributed by atoms with van der Waals surface area (Å²) in [5.41, 5.74) is 6.32. The molecular weight excluding hydrogens is 360 g/mol. The minimum Gasteiger partial charge on any atom is -0.481 e. The van der Waals surface area contributed by atoms with Crippen molar-refractivity contribution >= 4 is 40.2 Å². The number of nitrogens with zero attached hydrogens (tertiary/aromatic N) is 1. The van der Waals surface area contributed by atoms with Gasteiger partial charge in [-0.25, -0.2) is 0 Å². The number of hydrogen-bond donors (Lipinski definition) is 2. The molecule has 1 heterocycles. The van der Waals surface area contributed by atoms with E-state index in [9.17, 15) is 9.59 Å². The maximum Gasteiger partial charge on any atom is 0.307 e. The summed E-state index contributed by atoms with van der Waals surface area (Å²) in [5, 5.41) is 9.13. The predicted molar refractivity (Wildman–Crippen MR) is 85.3 cm³/mol. The van der Waals surface area contributed by atoms with Gasteiger partial charge in [0.05, 0.1) is 5.92 Å². The fourth-order valence-corrected chi connectivity index (χ4v) is 2.91. The summed E-state index contributed by atoms with van der Waals surface area (Å²) in [6.07, 6.45) is 1.41. The summed E-state index contributed by atoms with van der Waals surface area (Å²) < 4.78 is 0.923. The van der Waals surface area contributed by atoms with Crippen molar-refractivity contribution in [1.29, 1.82) is 0 Å². The fraction of sp³-hybridized carbons (Fsp3) is 0.429. The van der Waals surface area contributed by atoms with Crippen LogP contribution >= 0.6 is 28.3 Å². The third-order valence-corrected chi connectivity index (χ3v) is 4.15. The molecule has 0 saturated carbocycles. The number of carbonyl (C=O) groups excluding carboxylic acids is 1. The second-order valence-electron chi connectivity index (χ2n) is 5.03. The van der Waals surface area contributed by atoms with E-state index in [1.807, 2.05) is 29.2 Å². The third kappa shape index (κ3) is 4.43. The van der Waals surface area contributed by atoms with Gasteiger partial charge in [-0.1, -0.05) is 28.1 Å². The molecule has 116 valence electrons. The number of carboxylic acids is 1. The summed E-state index contributed by atoms with van der Waals surface area (Å²) in [6, 6.07) is 6.81. The number of benzene rings is 1. The Kier molecular flexibility index (Phi) is 6.64. The number of aliphatic carboxylic acids is 1. The van der Waals surface area contributed by atoms with Crippen LogP contribution in [-0.4, -0.2) is 35.0 Å². The molecule has 1 amide bonds. The van der Waals surface area contributed by atoms with Gasteiger partial charge in [0, 0.05) is 11.0 Å². The number of hydrogen-bond acceptors (Lipinski definition) is 3. The maximum absolute atomic E-state index is 11.8. The Labute approximate surface area is 138 Å². The number of carbonyl (C=O) groups is 2. The van der Waals surface area contributed by atoms with Gasteiger partial charge in [-0.3, -0.25) is 14.5 Å². The lowest BCUT2D eigenvalue weighted by atomic mass is 9.94. The first kappa shape index (κ1) is 17.9. The number of likely N-dealkylation sites (tertiary alicyclic amines) is 1. The van der Waals surface area contributed by atoms with Gasteiger partial charge < -0.3 is 10.8 Å². The van der Waals surface area contributed by atoms with Crippen LogP contribution in [-0.2, 0) is 9.59 Å². The molecule has 0 bridgehead atoms. The lowest BCUT2D eigenvalue weighted by molar-refractivity contribution is -0.145. The lowest BCUT2D eigenvalue weighted by Crippen LogP contribution is -2.45. The molecule has 2 rings (SSSR count). The van der Waals surface area contributed by atoms with Crippen molar-refractivity contribution in [3.63, 3.8) is 0 Å². The second-order valence-corrected chi connectivity index (χ2v) is 5.94. The van der Waals surface area contributed by atoms with Crippen LogP contribution in [0.2, 0.25) is 0 Å². The minimum absolute atomic E-state index is 0. The zero-order chi connectivity index (χ0) is 14.7. The van der Waals surface area contributed by atoms with Gasteiger partial charge in [0.15, 0.2) is 0 Å². The van der Waals surface area contributed by atoms with E-state index in [4.69, 9.17) is 10.8 Å². The number of piperidine rings is 1. The molecule has 7 heteroatoms. The number of primary amides is 1. The van der Waals surface area contributed by atoms with Crippen molar-refractivity contribution in [2.45, 2.75) is 18.9 Å². The van der Waals surface area contributed by atoms with Gasteiger partial charge in [-0.05, 0) is 37.1 Å². The van der Waals surface area contributed by atoms with E-state index in [1.165, 1.54) is 0 Å².